The van der Waals surface area contributed by atoms with Crippen LogP contribution < -0.4 is 0 Å². The van der Waals surface area contributed by atoms with E-state index in [1.165, 1.54) is 5.56 Å². The Morgan fingerprint density at radius 2 is 1.90 bits per heavy atom. The van der Waals surface area contributed by atoms with Gasteiger partial charge >= 0.3 is 0 Å². The highest BCUT2D eigenvalue weighted by Gasteiger charge is 2.16. The van der Waals surface area contributed by atoms with Gasteiger partial charge in [0.05, 0.1) is 16.9 Å². The number of hydrogen-bond donors (Lipinski definition) is 0. The molecule has 0 aliphatic carbocycles. The van der Waals surface area contributed by atoms with Crippen molar-refractivity contribution >= 4 is 34.2 Å². The van der Waals surface area contributed by atoms with Gasteiger partial charge in [-0.2, -0.15) is 0 Å². The SMILES string of the molecule is CC(Cc1ccccc1)n1c(CCl)nc2ccc(Cl)cc21. The van der Waals surface area contributed by atoms with E-state index >= 15 is 0 Å². The molecule has 3 aromatic rings. The van der Waals surface area contributed by atoms with Crippen LogP contribution in [0, 0.1) is 0 Å². The molecule has 0 radical (unpaired) electrons. The molecule has 0 bridgehead atoms. The lowest BCUT2D eigenvalue weighted by Crippen LogP contribution is -2.11. The van der Waals surface area contributed by atoms with Crippen LogP contribution in [0.1, 0.15) is 24.4 Å². The van der Waals surface area contributed by atoms with E-state index in [1.54, 1.807) is 0 Å². The molecule has 0 saturated carbocycles. The first-order chi connectivity index (χ1) is 10.2. The first-order valence-corrected chi connectivity index (χ1v) is 7.86. The number of fused-ring (bicyclic) bond motifs is 1. The minimum Gasteiger partial charge on any atom is -0.324 e. The molecule has 1 unspecified atom stereocenters. The van der Waals surface area contributed by atoms with E-state index in [1.807, 2.05) is 24.3 Å². The molecule has 0 aliphatic rings. The Balaban J connectivity index is 2.03. The van der Waals surface area contributed by atoms with Crippen LogP contribution >= 0.6 is 23.2 Å². The lowest BCUT2D eigenvalue weighted by atomic mass is 10.1. The first-order valence-electron chi connectivity index (χ1n) is 6.95. The fourth-order valence-electron chi connectivity index (χ4n) is 2.75. The molecule has 3 rings (SSSR count). The minimum absolute atomic E-state index is 0.268. The molecule has 0 aliphatic heterocycles. The predicted molar refractivity (Wildman–Crippen MR) is 89.2 cm³/mol. The fourth-order valence-corrected chi connectivity index (χ4v) is 3.10. The molecular weight excluding hydrogens is 303 g/mol. The average Bonchev–Trinajstić information content (AvgIpc) is 2.86. The number of halogens is 2. The van der Waals surface area contributed by atoms with E-state index in [9.17, 15) is 0 Å². The molecule has 108 valence electrons. The Kier molecular flexibility index (Phi) is 4.18. The number of alkyl halides is 1. The molecule has 1 atom stereocenters. The summed E-state index contributed by atoms with van der Waals surface area (Å²) >= 11 is 12.2. The Labute approximate surface area is 134 Å². The second-order valence-electron chi connectivity index (χ2n) is 5.20. The smallest absolute Gasteiger partial charge is 0.125 e. The second kappa shape index (κ2) is 6.08. The molecule has 1 heterocycles. The van der Waals surface area contributed by atoms with Crippen molar-refractivity contribution in [2.24, 2.45) is 0 Å². The van der Waals surface area contributed by atoms with Crippen LogP contribution in [-0.2, 0) is 12.3 Å². The second-order valence-corrected chi connectivity index (χ2v) is 5.91. The molecule has 0 spiro atoms. The molecule has 2 aromatic carbocycles. The van der Waals surface area contributed by atoms with Crippen molar-refractivity contribution < 1.29 is 0 Å². The summed E-state index contributed by atoms with van der Waals surface area (Å²) in [5.41, 5.74) is 3.28. The highest BCUT2D eigenvalue weighted by molar-refractivity contribution is 6.31. The van der Waals surface area contributed by atoms with Crippen molar-refractivity contribution in [3.63, 3.8) is 0 Å². The van der Waals surface area contributed by atoms with Crippen LogP contribution in [0.5, 0.6) is 0 Å². The van der Waals surface area contributed by atoms with Gasteiger partial charge in [0.25, 0.3) is 0 Å². The van der Waals surface area contributed by atoms with E-state index in [2.05, 4.69) is 40.7 Å². The van der Waals surface area contributed by atoms with E-state index in [0.29, 0.717) is 5.88 Å². The normalized spacial score (nSPS) is 12.7. The Hall–Kier alpha value is -1.51. The molecule has 0 fully saturated rings. The molecule has 0 N–H and O–H groups in total. The number of rotatable bonds is 4. The molecule has 21 heavy (non-hydrogen) atoms. The van der Waals surface area contributed by atoms with E-state index < -0.39 is 0 Å². The van der Waals surface area contributed by atoms with E-state index in [4.69, 9.17) is 23.2 Å². The van der Waals surface area contributed by atoms with Crippen molar-refractivity contribution in [1.82, 2.24) is 9.55 Å². The van der Waals surface area contributed by atoms with E-state index in [-0.39, 0.29) is 6.04 Å². The summed E-state index contributed by atoms with van der Waals surface area (Å²) in [4.78, 5) is 4.61. The number of nitrogens with zero attached hydrogens (tertiary/aromatic N) is 2. The van der Waals surface area contributed by atoms with Gasteiger partial charge in [0.15, 0.2) is 0 Å². The van der Waals surface area contributed by atoms with Crippen molar-refractivity contribution in [2.75, 3.05) is 0 Å². The van der Waals surface area contributed by atoms with Gasteiger partial charge < -0.3 is 4.57 Å². The lowest BCUT2D eigenvalue weighted by molar-refractivity contribution is 0.543. The molecule has 4 heteroatoms. The number of imidazole rings is 1. The first kappa shape index (κ1) is 14.4. The molecule has 0 saturated heterocycles. The monoisotopic (exact) mass is 318 g/mol. The van der Waals surface area contributed by atoms with Gasteiger partial charge in [-0.15, -0.1) is 11.6 Å². The number of aromatic nitrogens is 2. The summed E-state index contributed by atoms with van der Waals surface area (Å²) in [7, 11) is 0. The maximum absolute atomic E-state index is 6.13. The van der Waals surface area contributed by atoms with Crippen LogP contribution in [0.2, 0.25) is 5.02 Å². The van der Waals surface area contributed by atoms with Crippen LogP contribution in [0.15, 0.2) is 48.5 Å². The predicted octanol–water partition coefficient (Wildman–Crippen LogP) is 5.23. The Morgan fingerprint density at radius 1 is 1.14 bits per heavy atom. The summed E-state index contributed by atoms with van der Waals surface area (Å²) in [6.45, 7) is 2.19. The number of benzene rings is 2. The van der Waals surface area contributed by atoms with E-state index in [0.717, 1.165) is 28.3 Å². The minimum atomic E-state index is 0.268. The van der Waals surface area contributed by atoms with Crippen molar-refractivity contribution in [2.45, 2.75) is 25.3 Å². The summed E-state index contributed by atoms with van der Waals surface area (Å²) in [6.07, 6.45) is 0.933. The van der Waals surface area contributed by atoms with Gasteiger partial charge in [-0.05, 0) is 37.1 Å². The third-order valence-electron chi connectivity index (χ3n) is 3.66. The maximum Gasteiger partial charge on any atom is 0.125 e. The zero-order valence-corrected chi connectivity index (χ0v) is 13.3. The van der Waals surface area contributed by atoms with Crippen LogP contribution in [0.4, 0.5) is 0 Å². The lowest BCUT2D eigenvalue weighted by Gasteiger charge is -2.17. The maximum atomic E-state index is 6.13. The zero-order valence-electron chi connectivity index (χ0n) is 11.8. The van der Waals surface area contributed by atoms with Gasteiger partial charge in [-0.25, -0.2) is 4.98 Å². The molecule has 0 amide bonds. The fraction of sp³-hybridized carbons (Fsp3) is 0.235. The third-order valence-corrected chi connectivity index (χ3v) is 4.13. The Morgan fingerprint density at radius 3 is 2.62 bits per heavy atom. The summed E-state index contributed by atoms with van der Waals surface area (Å²) < 4.78 is 2.20. The van der Waals surface area contributed by atoms with Crippen LogP contribution in [0.3, 0.4) is 0 Å². The quantitative estimate of drug-likeness (QED) is 0.602. The van der Waals surface area contributed by atoms with Gasteiger partial charge in [0.2, 0.25) is 0 Å². The van der Waals surface area contributed by atoms with Crippen LogP contribution in [0.25, 0.3) is 11.0 Å². The Bertz CT molecular complexity index is 750. The zero-order chi connectivity index (χ0) is 14.8. The topological polar surface area (TPSA) is 17.8 Å². The average molecular weight is 319 g/mol. The standard InChI is InChI=1S/C17H16Cl2N2/c1-12(9-13-5-3-2-4-6-13)21-16-10-14(19)7-8-15(16)20-17(21)11-18/h2-8,10,12H,9,11H2,1H3. The summed E-state index contributed by atoms with van der Waals surface area (Å²) in [6, 6.07) is 16.5. The van der Waals surface area contributed by atoms with Gasteiger partial charge in [0, 0.05) is 11.1 Å². The van der Waals surface area contributed by atoms with Gasteiger partial charge in [-0.1, -0.05) is 41.9 Å². The van der Waals surface area contributed by atoms with Crippen LogP contribution in [-0.4, -0.2) is 9.55 Å². The van der Waals surface area contributed by atoms with Gasteiger partial charge in [-0.3, -0.25) is 0 Å². The highest BCUT2D eigenvalue weighted by atomic mass is 35.5. The largest absolute Gasteiger partial charge is 0.324 e. The highest BCUT2D eigenvalue weighted by Crippen LogP contribution is 2.27. The summed E-state index contributed by atoms with van der Waals surface area (Å²) in [5.74, 6) is 1.28. The van der Waals surface area contributed by atoms with Crippen molar-refractivity contribution in [1.29, 1.82) is 0 Å². The van der Waals surface area contributed by atoms with Crippen molar-refractivity contribution in [3.05, 3.63) is 64.9 Å². The summed E-state index contributed by atoms with van der Waals surface area (Å²) in [5, 5.41) is 0.719. The molecule has 1 aromatic heterocycles. The third kappa shape index (κ3) is 2.92. The van der Waals surface area contributed by atoms with Gasteiger partial charge in [0.1, 0.15) is 5.82 Å². The molecule has 2 nitrogen and oxygen atoms in total. The molecular formula is C17H16Cl2N2. The van der Waals surface area contributed by atoms with Crippen molar-refractivity contribution in [3.8, 4) is 0 Å². The number of hydrogen-bond acceptors (Lipinski definition) is 1.